The van der Waals surface area contributed by atoms with Crippen molar-refractivity contribution in [2.45, 2.75) is 70.0 Å². The Hall–Kier alpha value is -3.07. The predicted molar refractivity (Wildman–Crippen MR) is 174 cm³/mol. The smallest absolute Gasteiger partial charge is 0.243 e. The highest BCUT2D eigenvalue weighted by molar-refractivity contribution is 7.92. The minimum atomic E-state index is -3.60. The lowest BCUT2D eigenvalue weighted by atomic mass is 9.94. The zero-order valence-electron chi connectivity index (χ0n) is 24.4. The summed E-state index contributed by atoms with van der Waals surface area (Å²) in [5.41, 5.74) is 2.28. The Morgan fingerprint density at radius 1 is 0.860 bits per heavy atom. The largest absolute Gasteiger partial charge is 0.352 e. The maximum absolute atomic E-state index is 14.0. The lowest BCUT2D eigenvalue weighted by molar-refractivity contribution is -0.141. The van der Waals surface area contributed by atoms with Crippen molar-refractivity contribution >= 4 is 50.7 Å². The number of hydrogen-bond acceptors (Lipinski definition) is 4. The van der Waals surface area contributed by atoms with E-state index in [1.165, 1.54) is 10.7 Å². The van der Waals surface area contributed by atoms with Crippen LogP contribution < -0.4 is 9.62 Å². The molecule has 7 nitrogen and oxygen atoms in total. The second kappa shape index (κ2) is 15.6. The number of nitrogens with zero attached hydrogens (tertiary/aromatic N) is 2. The van der Waals surface area contributed by atoms with Gasteiger partial charge < -0.3 is 10.2 Å². The first-order chi connectivity index (χ1) is 20.6. The number of carbonyl (C=O) groups excluding carboxylic acids is 2. The van der Waals surface area contributed by atoms with Crippen molar-refractivity contribution in [1.29, 1.82) is 0 Å². The molecule has 1 N–H and O–H groups in total. The van der Waals surface area contributed by atoms with E-state index < -0.39 is 16.1 Å². The van der Waals surface area contributed by atoms with Gasteiger partial charge in [0.2, 0.25) is 21.8 Å². The zero-order valence-corrected chi connectivity index (χ0v) is 26.8. The third kappa shape index (κ3) is 9.98. The van der Waals surface area contributed by atoms with Crippen LogP contribution in [0.15, 0.2) is 78.9 Å². The van der Waals surface area contributed by atoms with Crippen molar-refractivity contribution in [2.24, 2.45) is 0 Å². The SMILES string of the molecule is CS(=O)(=O)N(CCCC(=O)N(Cc1ccc(Cl)cc1)[C@H](Cc1ccccc1)C(=O)NC1CCCCC1)c1ccc(Cl)cc1. The predicted octanol–water partition coefficient (Wildman–Crippen LogP) is 6.63. The molecule has 0 saturated heterocycles. The van der Waals surface area contributed by atoms with Crippen LogP contribution in [0.4, 0.5) is 5.69 Å². The van der Waals surface area contributed by atoms with Gasteiger partial charge in [-0.05, 0) is 66.8 Å². The van der Waals surface area contributed by atoms with Crippen LogP contribution in [0.5, 0.6) is 0 Å². The Kier molecular flexibility index (Phi) is 11.9. The molecule has 2 amide bonds. The Morgan fingerprint density at radius 2 is 1.47 bits per heavy atom. The molecule has 0 spiro atoms. The maximum Gasteiger partial charge on any atom is 0.243 e. The lowest BCUT2D eigenvalue weighted by Crippen LogP contribution is -2.52. The first-order valence-corrected chi connectivity index (χ1v) is 17.3. The Balaban J connectivity index is 1.58. The van der Waals surface area contributed by atoms with Gasteiger partial charge in [0.15, 0.2) is 0 Å². The Morgan fingerprint density at radius 3 is 2.07 bits per heavy atom. The number of halogens is 2. The standard InChI is InChI=1S/C33H39Cl2N3O4S/c1-43(41,42)38(30-20-18-28(35)19-21-30)22-8-13-32(39)37(24-26-14-16-27(34)17-15-26)31(23-25-9-4-2-5-10-25)33(40)36-29-11-6-3-7-12-29/h2,4-5,9-10,14-21,29,31H,3,6-8,11-13,22-24H2,1H3,(H,36,40)/t31-/m1/s1. The number of benzene rings is 3. The van der Waals surface area contributed by atoms with Crippen LogP contribution in [0.1, 0.15) is 56.1 Å². The van der Waals surface area contributed by atoms with Gasteiger partial charge in [0.05, 0.1) is 11.9 Å². The molecule has 3 aromatic rings. The van der Waals surface area contributed by atoms with E-state index in [0.29, 0.717) is 22.2 Å². The number of hydrogen-bond donors (Lipinski definition) is 1. The highest BCUT2D eigenvalue weighted by Gasteiger charge is 2.32. The number of anilines is 1. The highest BCUT2D eigenvalue weighted by Crippen LogP contribution is 2.23. The van der Waals surface area contributed by atoms with Gasteiger partial charge in [-0.2, -0.15) is 0 Å². The van der Waals surface area contributed by atoms with Gasteiger partial charge in [0.1, 0.15) is 6.04 Å². The fourth-order valence-electron chi connectivity index (χ4n) is 5.50. The molecule has 43 heavy (non-hydrogen) atoms. The minimum Gasteiger partial charge on any atom is -0.352 e. The monoisotopic (exact) mass is 643 g/mol. The van der Waals surface area contributed by atoms with Crippen molar-refractivity contribution in [3.05, 3.63) is 100 Å². The Bertz CT molecular complexity index is 1450. The van der Waals surface area contributed by atoms with Gasteiger partial charge in [-0.15, -0.1) is 0 Å². The summed E-state index contributed by atoms with van der Waals surface area (Å²) >= 11 is 12.1. The molecule has 0 unspecified atom stereocenters. The van der Waals surface area contributed by atoms with E-state index in [1.54, 1.807) is 41.3 Å². The summed E-state index contributed by atoms with van der Waals surface area (Å²) in [6, 6.07) is 22.8. The molecule has 0 bridgehead atoms. The number of rotatable bonds is 13. The third-order valence-corrected chi connectivity index (χ3v) is 9.45. The second-order valence-electron chi connectivity index (χ2n) is 11.1. The maximum atomic E-state index is 14.0. The van der Waals surface area contributed by atoms with Crippen LogP contribution in [0.3, 0.4) is 0 Å². The van der Waals surface area contributed by atoms with Gasteiger partial charge in [-0.25, -0.2) is 8.42 Å². The van der Waals surface area contributed by atoms with Crippen molar-refractivity contribution in [2.75, 3.05) is 17.1 Å². The molecule has 0 aliphatic heterocycles. The van der Waals surface area contributed by atoms with Crippen molar-refractivity contribution in [3.63, 3.8) is 0 Å². The zero-order chi connectivity index (χ0) is 30.8. The molecule has 0 radical (unpaired) electrons. The first-order valence-electron chi connectivity index (χ1n) is 14.7. The third-order valence-electron chi connectivity index (χ3n) is 7.76. The summed E-state index contributed by atoms with van der Waals surface area (Å²) in [4.78, 5) is 29.5. The van der Waals surface area contributed by atoms with Gasteiger partial charge in [0.25, 0.3) is 0 Å². The van der Waals surface area contributed by atoms with E-state index in [2.05, 4.69) is 5.32 Å². The van der Waals surface area contributed by atoms with Gasteiger partial charge in [-0.3, -0.25) is 13.9 Å². The summed E-state index contributed by atoms with van der Waals surface area (Å²) in [6.45, 7) is 0.331. The first kappa shape index (κ1) is 32.8. The van der Waals surface area contributed by atoms with E-state index >= 15 is 0 Å². The van der Waals surface area contributed by atoms with Crippen LogP contribution in [0, 0.1) is 0 Å². The topological polar surface area (TPSA) is 86.8 Å². The molecule has 0 heterocycles. The molecular formula is C33H39Cl2N3O4S. The van der Waals surface area contributed by atoms with Crippen LogP contribution >= 0.6 is 23.2 Å². The molecule has 3 aromatic carbocycles. The molecule has 1 aliphatic rings. The van der Waals surface area contributed by atoms with Crippen molar-refractivity contribution in [3.8, 4) is 0 Å². The number of amides is 2. The molecule has 0 aromatic heterocycles. The summed E-state index contributed by atoms with van der Waals surface area (Å²) in [5.74, 6) is -0.392. The quantitative estimate of drug-likeness (QED) is 0.227. The number of nitrogens with one attached hydrogen (secondary N) is 1. The summed E-state index contributed by atoms with van der Waals surface area (Å²) in [6.07, 6.45) is 7.02. The lowest BCUT2D eigenvalue weighted by Gasteiger charge is -2.34. The highest BCUT2D eigenvalue weighted by atomic mass is 35.5. The summed E-state index contributed by atoms with van der Waals surface area (Å²) in [5, 5.41) is 4.32. The molecule has 1 fully saturated rings. The van der Waals surface area contributed by atoms with E-state index in [-0.39, 0.29) is 43.8 Å². The fourth-order valence-corrected chi connectivity index (χ4v) is 6.71. The average molecular weight is 645 g/mol. The number of sulfonamides is 1. The van der Waals surface area contributed by atoms with E-state index in [9.17, 15) is 18.0 Å². The van der Waals surface area contributed by atoms with E-state index in [1.807, 2.05) is 42.5 Å². The van der Waals surface area contributed by atoms with Crippen molar-refractivity contribution < 1.29 is 18.0 Å². The van der Waals surface area contributed by atoms with E-state index in [0.717, 1.165) is 43.1 Å². The van der Waals surface area contributed by atoms with Gasteiger partial charge in [0, 0.05) is 42.0 Å². The molecule has 1 atom stereocenters. The normalized spacial score (nSPS) is 14.6. The van der Waals surface area contributed by atoms with Crippen LogP contribution in [0.25, 0.3) is 0 Å². The summed E-state index contributed by atoms with van der Waals surface area (Å²) < 4.78 is 26.5. The average Bonchev–Trinajstić information content (AvgIpc) is 2.99. The summed E-state index contributed by atoms with van der Waals surface area (Å²) in [7, 11) is -3.60. The second-order valence-corrected chi connectivity index (χ2v) is 13.9. The fraction of sp³-hybridized carbons (Fsp3) is 0.394. The molecule has 4 rings (SSSR count). The molecule has 230 valence electrons. The number of carbonyl (C=O) groups is 2. The van der Waals surface area contributed by atoms with E-state index in [4.69, 9.17) is 23.2 Å². The van der Waals surface area contributed by atoms with Crippen LogP contribution in [0.2, 0.25) is 10.0 Å². The minimum absolute atomic E-state index is 0.0647. The Labute approximate surface area is 265 Å². The van der Waals surface area contributed by atoms with Gasteiger partial charge >= 0.3 is 0 Å². The van der Waals surface area contributed by atoms with Gasteiger partial charge in [-0.1, -0.05) is 84.9 Å². The van der Waals surface area contributed by atoms with Crippen molar-refractivity contribution in [1.82, 2.24) is 10.2 Å². The molecule has 1 saturated carbocycles. The van der Waals surface area contributed by atoms with Crippen LogP contribution in [-0.4, -0.2) is 50.0 Å². The molecular weight excluding hydrogens is 605 g/mol. The molecule has 10 heteroatoms. The molecule has 1 aliphatic carbocycles. The van der Waals surface area contributed by atoms with Crippen LogP contribution in [-0.2, 0) is 32.6 Å².